The molecule has 3 rings (SSSR count). The molecule has 2 aromatic rings. The van der Waals surface area contributed by atoms with E-state index in [1.165, 1.54) is 29.2 Å². The molecule has 0 saturated carbocycles. The number of unbranched alkanes of at least 4 members (excludes halogenated alkanes) is 2. The standard InChI is InChI=1S/C24H24N2O7/c1-15-6-8-17(9-7-15)22(29)20-21(16-10-12-18(13-11-16)26(32)33)25(24(31)23(20)30)14-4-2-3-5-19(27)28/h6-13,21,29H,2-5,14H2,1H3,(H,27,28)/t21-/m0/s1. The fourth-order valence-electron chi connectivity index (χ4n) is 3.84. The van der Waals surface area contributed by atoms with Crippen molar-refractivity contribution in [3.05, 3.63) is 80.9 Å². The molecular weight excluding hydrogens is 428 g/mol. The number of likely N-dealkylation sites (tertiary alicyclic amines) is 1. The molecule has 2 N–H and O–H groups in total. The fraction of sp³-hybridized carbons (Fsp3) is 0.292. The molecule has 0 bridgehead atoms. The first-order valence-electron chi connectivity index (χ1n) is 10.5. The van der Waals surface area contributed by atoms with E-state index in [-0.39, 0.29) is 30.0 Å². The van der Waals surface area contributed by atoms with Gasteiger partial charge in [0.25, 0.3) is 17.4 Å². The highest BCUT2D eigenvalue weighted by Gasteiger charge is 2.45. The highest BCUT2D eigenvalue weighted by Crippen LogP contribution is 2.40. The molecule has 1 aliphatic heterocycles. The Labute approximate surface area is 190 Å². The third-order valence-corrected chi connectivity index (χ3v) is 5.57. The van der Waals surface area contributed by atoms with Crippen LogP contribution in [0.1, 0.15) is 48.4 Å². The zero-order valence-electron chi connectivity index (χ0n) is 18.1. The van der Waals surface area contributed by atoms with E-state index in [1.54, 1.807) is 24.3 Å². The number of hydrogen-bond acceptors (Lipinski definition) is 6. The molecular formula is C24H24N2O7. The number of benzene rings is 2. The van der Waals surface area contributed by atoms with Crippen LogP contribution in [-0.2, 0) is 14.4 Å². The van der Waals surface area contributed by atoms with Crippen LogP contribution in [0.5, 0.6) is 0 Å². The lowest BCUT2D eigenvalue weighted by atomic mass is 9.95. The van der Waals surface area contributed by atoms with Crippen molar-refractivity contribution in [3.8, 4) is 0 Å². The second-order valence-electron chi connectivity index (χ2n) is 7.91. The van der Waals surface area contributed by atoms with Crippen molar-refractivity contribution < 1.29 is 29.5 Å². The zero-order chi connectivity index (χ0) is 24.1. The van der Waals surface area contributed by atoms with Crippen LogP contribution in [0.15, 0.2) is 54.1 Å². The molecule has 0 spiro atoms. The summed E-state index contributed by atoms with van der Waals surface area (Å²) in [6, 6.07) is 11.4. The Kier molecular flexibility index (Phi) is 7.22. The summed E-state index contributed by atoms with van der Waals surface area (Å²) in [6.07, 6.45) is 1.46. The lowest BCUT2D eigenvalue weighted by molar-refractivity contribution is -0.384. The van der Waals surface area contributed by atoms with E-state index in [1.807, 2.05) is 6.92 Å². The molecule has 172 valence electrons. The number of nitrogens with zero attached hydrogens (tertiary/aromatic N) is 2. The Morgan fingerprint density at radius 3 is 2.21 bits per heavy atom. The van der Waals surface area contributed by atoms with Crippen LogP contribution in [0.3, 0.4) is 0 Å². The van der Waals surface area contributed by atoms with Gasteiger partial charge in [0, 0.05) is 30.7 Å². The molecule has 1 atom stereocenters. The number of hydrogen-bond donors (Lipinski definition) is 2. The summed E-state index contributed by atoms with van der Waals surface area (Å²) >= 11 is 0. The van der Waals surface area contributed by atoms with Crippen LogP contribution in [0.4, 0.5) is 5.69 Å². The van der Waals surface area contributed by atoms with Gasteiger partial charge in [-0.1, -0.05) is 36.2 Å². The number of nitro benzene ring substituents is 1. The third-order valence-electron chi connectivity index (χ3n) is 5.57. The Morgan fingerprint density at radius 2 is 1.64 bits per heavy atom. The summed E-state index contributed by atoms with van der Waals surface area (Å²) in [4.78, 5) is 48.3. The normalized spacial score (nSPS) is 17.4. The van der Waals surface area contributed by atoms with E-state index in [0.29, 0.717) is 30.4 Å². The maximum Gasteiger partial charge on any atom is 0.303 e. The molecule has 9 nitrogen and oxygen atoms in total. The Balaban J connectivity index is 1.99. The number of carboxylic acids is 1. The van der Waals surface area contributed by atoms with Gasteiger partial charge in [-0.2, -0.15) is 0 Å². The first-order valence-corrected chi connectivity index (χ1v) is 10.5. The minimum absolute atomic E-state index is 0.0119. The number of aliphatic hydroxyl groups excluding tert-OH is 1. The van der Waals surface area contributed by atoms with Gasteiger partial charge in [-0.3, -0.25) is 24.5 Å². The van der Waals surface area contributed by atoms with Gasteiger partial charge in [-0.15, -0.1) is 0 Å². The SMILES string of the molecule is Cc1ccc(C(O)=C2C(=O)C(=O)N(CCCCCC(=O)O)[C@H]2c2ccc([N+](=O)[O-])cc2)cc1. The highest BCUT2D eigenvalue weighted by molar-refractivity contribution is 6.46. The molecule has 1 aliphatic rings. The van der Waals surface area contributed by atoms with Crippen molar-refractivity contribution in [1.29, 1.82) is 0 Å². The number of rotatable bonds is 9. The number of amides is 1. The molecule has 0 radical (unpaired) electrons. The van der Waals surface area contributed by atoms with Crippen molar-refractivity contribution in [3.63, 3.8) is 0 Å². The summed E-state index contributed by atoms with van der Waals surface area (Å²) < 4.78 is 0. The second-order valence-corrected chi connectivity index (χ2v) is 7.91. The van der Waals surface area contributed by atoms with E-state index in [9.17, 15) is 29.6 Å². The average molecular weight is 452 g/mol. The van der Waals surface area contributed by atoms with Crippen molar-refractivity contribution in [2.75, 3.05) is 6.54 Å². The van der Waals surface area contributed by atoms with E-state index in [2.05, 4.69) is 0 Å². The lowest BCUT2D eigenvalue weighted by Gasteiger charge is -2.25. The van der Waals surface area contributed by atoms with Crippen molar-refractivity contribution in [1.82, 2.24) is 4.90 Å². The number of non-ortho nitro benzene ring substituents is 1. The summed E-state index contributed by atoms with van der Waals surface area (Å²) in [7, 11) is 0. The predicted molar refractivity (Wildman–Crippen MR) is 119 cm³/mol. The van der Waals surface area contributed by atoms with Crippen molar-refractivity contribution in [2.45, 2.75) is 38.6 Å². The number of ketones is 1. The zero-order valence-corrected chi connectivity index (χ0v) is 18.1. The van der Waals surface area contributed by atoms with Gasteiger partial charge >= 0.3 is 5.97 Å². The van der Waals surface area contributed by atoms with Crippen LogP contribution in [0.2, 0.25) is 0 Å². The molecule has 0 unspecified atom stereocenters. The van der Waals surface area contributed by atoms with Crippen LogP contribution in [0.25, 0.3) is 5.76 Å². The van der Waals surface area contributed by atoms with Crippen LogP contribution < -0.4 is 0 Å². The van der Waals surface area contributed by atoms with Crippen molar-refractivity contribution in [2.24, 2.45) is 0 Å². The number of aliphatic carboxylic acids is 1. The van der Waals surface area contributed by atoms with Gasteiger partial charge in [0.1, 0.15) is 5.76 Å². The minimum atomic E-state index is -0.911. The quantitative estimate of drug-likeness (QED) is 0.147. The minimum Gasteiger partial charge on any atom is -0.507 e. The van der Waals surface area contributed by atoms with Crippen molar-refractivity contribution >= 4 is 29.1 Å². The summed E-state index contributed by atoms with van der Waals surface area (Å²) in [5, 5.41) is 30.8. The van der Waals surface area contributed by atoms with Crippen LogP contribution in [0, 0.1) is 17.0 Å². The number of carboxylic acid groups (broad SMARTS) is 1. The molecule has 9 heteroatoms. The van der Waals surface area contributed by atoms with Crippen LogP contribution in [-0.4, -0.2) is 44.2 Å². The number of carbonyl (C=O) groups is 3. The number of aryl methyl sites for hydroxylation is 1. The average Bonchev–Trinajstić information content (AvgIpc) is 3.03. The molecule has 0 aromatic heterocycles. The van der Waals surface area contributed by atoms with E-state index < -0.39 is 28.6 Å². The molecule has 1 fully saturated rings. The Bertz CT molecular complexity index is 1100. The number of carbonyl (C=O) groups excluding carboxylic acids is 2. The van der Waals surface area contributed by atoms with Gasteiger partial charge in [-0.25, -0.2) is 0 Å². The van der Waals surface area contributed by atoms with E-state index in [4.69, 9.17) is 5.11 Å². The monoisotopic (exact) mass is 452 g/mol. The third kappa shape index (κ3) is 5.25. The lowest BCUT2D eigenvalue weighted by Crippen LogP contribution is -2.30. The van der Waals surface area contributed by atoms with E-state index >= 15 is 0 Å². The largest absolute Gasteiger partial charge is 0.507 e. The molecule has 2 aromatic carbocycles. The summed E-state index contributed by atoms with van der Waals surface area (Å²) in [5.41, 5.74) is 1.58. The number of aliphatic hydroxyl groups is 1. The number of Topliss-reactive ketones (excluding diaryl/α,β-unsaturated/α-hetero) is 1. The molecule has 1 heterocycles. The maximum atomic E-state index is 12.9. The fourth-order valence-corrected chi connectivity index (χ4v) is 3.84. The highest BCUT2D eigenvalue weighted by atomic mass is 16.6. The first-order chi connectivity index (χ1) is 15.7. The van der Waals surface area contributed by atoms with Gasteiger partial charge in [0.2, 0.25) is 0 Å². The Hall–Kier alpha value is -4.01. The topological polar surface area (TPSA) is 138 Å². The van der Waals surface area contributed by atoms with Gasteiger partial charge in [0.15, 0.2) is 0 Å². The molecule has 33 heavy (non-hydrogen) atoms. The summed E-state index contributed by atoms with van der Waals surface area (Å²) in [6.45, 7) is 2.06. The summed E-state index contributed by atoms with van der Waals surface area (Å²) in [5.74, 6) is -2.82. The first kappa shape index (κ1) is 23.6. The number of nitro groups is 1. The molecule has 0 aliphatic carbocycles. The smallest absolute Gasteiger partial charge is 0.303 e. The van der Waals surface area contributed by atoms with Gasteiger partial charge < -0.3 is 15.1 Å². The Morgan fingerprint density at radius 1 is 1.00 bits per heavy atom. The second kappa shape index (κ2) is 10.1. The van der Waals surface area contributed by atoms with E-state index in [0.717, 1.165) is 5.56 Å². The predicted octanol–water partition coefficient (Wildman–Crippen LogP) is 3.97. The molecule has 1 saturated heterocycles. The van der Waals surface area contributed by atoms with Gasteiger partial charge in [-0.05, 0) is 37.5 Å². The maximum absolute atomic E-state index is 12.9. The molecule has 1 amide bonds. The van der Waals surface area contributed by atoms with Gasteiger partial charge in [0.05, 0.1) is 16.5 Å². The van der Waals surface area contributed by atoms with Crippen LogP contribution >= 0.6 is 0 Å².